The second-order valence-corrected chi connectivity index (χ2v) is 7.98. The highest BCUT2D eigenvalue weighted by Crippen LogP contribution is 2.17. The predicted molar refractivity (Wildman–Crippen MR) is 81.7 cm³/mol. The van der Waals surface area contributed by atoms with E-state index in [0.717, 1.165) is 6.42 Å². The molecule has 6 nitrogen and oxygen atoms in total. The van der Waals surface area contributed by atoms with E-state index >= 15 is 0 Å². The fraction of sp³-hybridized carbons (Fsp3) is 0.583. The molecule has 114 valence electrons. The van der Waals surface area contributed by atoms with Crippen molar-refractivity contribution in [2.24, 2.45) is 0 Å². The summed E-state index contributed by atoms with van der Waals surface area (Å²) in [7, 11) is -4.73. The van der Waals surface area contributed by atoms with Crippen LogP contribution in [0.1, 0.15) is 20.3 Å². The first kappa shape index (κ1) is 17.1. The summed E-state index contributed by atoms with van der Waals surface area (Å²) in [5.74, 6) is 0.340. The van der Waals surface area contributed by atoms with Crippen LogP contribution in [0.2, 0.25) is 0 Å². The van der Waals surface area contributed by atoms with Crippen LogP contribution < -0.4 is 10.0 Å². The Hall–Kier alpha value is -0.990. The lowest BCUT2D eigenvalue weighted by atomic mass is 10.4. The minimum absolute atomic E-state index is 0.113. The van der Waals surface area contributed by atoms with Gasteiger partial charge in [-0.15, -0.1) is 0 Å². The van der Waals surface area contributed by atoms with E-state index in [1.54, 1.807) is 25.4 Å². The molecule has 0 radical (unpaired) electrons. The van der Waals surface area contributed by atoms with Gasteiger partial charge in [-0.2, -0.15) is 0 Å². The molecule has 2 atom stereocenters. The van der Waals surface area contributed by atoms with Gasteiger partial charge in [-0.3, -0.25) is 4.21 Å². The number of sulfonamides is 1. The minimum atomic E-state index is -3.66. The highest BCUT2D eigenvalue weighted by atomic mass is 32.2. The zero-order chi connectivity index (χ0) is 15.2. The molecule has 2 unspecified atom stereocenters. The maximum absolute atomic E-state index is 12.3. The standard InChI is InChI=1S/C12H21N3O3S2/c1-4-7-13-12-11(6-5-8-14-12)20(17,18)15-9-10(2)19(3)16/h5-6,8,10,15H,4,7,9H2,1-3H3,(H,13,14). The monoisotopic (exact) mass is 319 g/mol. The fourth-order valence-corrected chi connectivity index (χ4v) is 3.09. The summed E-state index contributed by atoms with van der Waals surface area (Å²) in [5, 5.41) is 2.75. The molecular weight excluding hydrogens is 298 g/mol. The average molecular weight is 319 g/mol. The molecule has 0 saturated carbocycles. The van der Waals surface area contributed by atoms with Crippen LogP contribution in [0.4, 0.5) is 5.82 Å². The Balaban J connectivity index is 2.89. The van der Waals surface area contributed by atoms with E-state index in [-0.39, 0.29) is 16.7 Å². The number of hydrogen-bond acceptors (Lipinski definition) is 5. The van der Waals surface area contributed by atoms with Crippen LogP contribution in [0, 0.1) is 0 Å². The van der Waals surface area contributed by atoms with Gasteiger partial charge in [0.1, 0.15) is 10.7 Å². The van der Waals surface area contributed by atoms with E-state index in [2.05, 4.69) is 15.0 Å². The van der Waals surface area contributed by atoms with Crippen LogP contribution in [0.15, 0.2) is 23.2 Å². The molecule has 8 heteroatoms. The van der Waals surface area contributed by atoms with E-state index in [4.69, 9.17) is 0 Å². The molecule has 20 heavy (non-hydrogen) atoms. The highest BCUT2D eigenvalue weighted by molar-refractivity contribution is 7.89. The Morgan fingerprint density at radius 1 is 1.45 bits per heavy atom. The van der Waals surface area contributed by atoms with E-state index in [0.29, 0.717) is 12.4 Å². The summed E-state index contributed by atoms with van der Waals surface area (Å²) in [6.45, 7) is 4.50. The van der Waals surface area contributed by atoms with Crippen molar-refractivity contribution in [1.29, 1.82) is 0 Å². The molecule has 0 aliphatic heterocycles. The van der Waals surface area contributed by atoms with Crippen LogP contribution >= 0.6 is 0 Å². The van der Waals surface area contributed by atoms with Gasteiger partial charge in [0.2, 0.25) is 10.0 Å². The van der Waals surface area contributed by atoms with Gasteiger partial charge >= 0.3 is 0 Å². The third-order valence-corrected chi connectivity index (χ3v) is 5.49. The predicted octanol–water partition coefficient (Wildman–Crippen LogP) is 0.949. The normalized spacial score (nSPS) is 14.8. The second-order valence-electron chi connectivity index (χ2n) is 4.44. The number of anilines is 1. The molecule has 1 heterocycles. The van der Waals surface area contributed by atoms with Crippen molar-refractivity contribution in [3.63, 3.8) is 0 Å². The number of aromatic nitrogens is 1. The molecule has 1 rings (SSSR count). The molecule has 0 aromatic carbocycles. The number of hydrogen-bond donors (Lipinski definition) is 2. The van der Waals surface area contributed by atoms with Crippen molar-refractivity contribution >= 4 is 26.6 Å². The molecule has 0 amide bonds. The summed E-state index contributed by atoms with van der Waals surface area (Å²) in [6.07, 6.45) is 3.97. The first-order chi connectivity index (χ1) is 9.38. The molecule has 0 aliphatic carbocycles. The van der Waals surface area contributed by atoms with Gasteiger partial charge in [-0.1, -0.05) is 6.92 Å². The average Bonchev–Trinajstić information content (AvgIpc) is 2.42. The summed E-state index contributed by atoms with van der Waals surface area (Å²) >= 11 is 0. The molecule has 1 aromatic rings. The number of pyridine rings is 1. The molecule has 0 aliphatic rings. The summed E-state index contributed by atoms with van der Waals surface area (Å²) in [4.78, 5) is 4.17. The lowest BCUT2D eigenvalue weighted by Gasteiger charge is -2.13. The van der Waals surface area contributed by atoms with Gasteiger partial charge in [-0.05, 0) is 25.5 Å². The topological polar surface area (TPSA) is 88.2 Å². The molecule has 2 N–H and O–H groups in total. The van der Waals surface area contributed by atoms with Gasteiger partial charge in [0.15, 0.2) is 0 Å². The van der Waals surface area contributed by atoms with Crippen LogP contribution in [-0.4, -0.2) is 42.2 Å². The van der Waals surface area contributed by atoms with E-state index < -0.39 is 20.8 Å². The Bertz CT molecular complexity index is 561. The molecule has 1 aromatic heterocycles. The van der Waals surface area contributed by atoms with E-state index in [1.165, 1.54) is 6.07 Å². The molecule has 0 fully saturated rings. The van der Waals surface area contributed by atoms with E-state index in [9.17, 15) is 12.6 Å². The minimum Gasteiger partial charge on any atom is -0.369 e. The molecule has 0 spiro atoms. The second kappa shape index (κ2) is 7.70. The van der Waals surface area contributed by atoms with Crippen molar-refractivity contribution in [1.82, 2.24) is 9.71 Å². The SMILES string of the molecule is CCCNc1ncccc1S(=O)(=O)NCC(C)S(C)=O. The quantitative estimate of drug-likeness (QED) is 0.745. The fourth-order valence-electron chi connectivity index (χ4n) is 1.41. The molecule has 0 bridgehead atoms. The molecule has 0 saturated heterocycles. The Kier molecular flexibility index (Phi) is 6.57. The molecular formula is C12H21N3O3S2. The lowest BCUT2D eigenvalue weighted by molar-refractivity contribution is 0.580. The summed E-state index contributed by atoms with van der Waals surface area (Å²) in [5.41, 5.74) is 0. The Labute approximate surface area is 122 Å². The first-order valence-electron chi connectivity index (χ1n) is 6.39. The van der Waals surface area contributed by atoms with Crippen molar-refractivity contribution in [2.45, 2.75) is 30.4 Å². The maximum atomic E-state index is 12.3. The zero-order valence-corrected chi connectivity index (χ0v) is 13.6. The van der Waals surface area contributed by atoms with Crippen LogP contribution in [0.5, 0.6) is 0 Å². The summed E-state index contributed by atoms with van der Waals surface area (Å²) in [6, 6.07) is 3.08. The van der Waals surface area contributed by atoms with E-state index in [1.807, 2.05) is 6.92 Å². The number of nitrogens with one attached hydrogen (secondary N) is 2. The number of rotatable bonds is 8. The summed E-state index contributed by atoms with van der Waals surface area (Å²) < 4.78 is 38.2. The largest absolute Gasteiger partial charge is 0.369 e. The van der Waals surface area contributed by atoms with Crippen molar-refractivity contribution in [3.8, 4) is 0 Å². The van der Waals surface area contributed by atoms with Crippen molar-refractivity contribution in [2.75, 3.05) is 24.7 Å². The van der Waals surface area contributed by atoms with Gasteiger partial charge in [-0.25, -0.2) is 18.1 Å². The smallest absolute Gasteiger partial charge is 0.244 e. The Morgan fingerprint density at radius 3 is 2.75 bits per heavy atom. The third kappa shape index (κ3) is 4.84. The Morgan fingerprint density at radius 2 is 2.15 bits per heavy atom. The maximum Gasteiger partial charge on any atom is 0.244 e. The third-order valence-electron chi connectivity index (χ3n) is 2.73. The van der Waals surface area contributed by atoms with Gasteiger partial charge in [0, 0.05) is 41.6 Å². The van der Waals surface area contributed by atoms with Crippen LogP contribution in [0.3, 0.4) is 0 Å². The van der Waals surface area contributed by atoms with Gasteiger partial charge in [0.25, 0.3) is 0 Å². The van der Waals surface area contributed by atoms with Crippen LogP contribution in [-0.2, 0) is 20.8 Å². The first-order valence-corrected chi connectivity index (χ1v) is 9.49. The number of nitrogens with zero attached hydrogens (tertiary/aromatic N) is 1. The van der Waals surface area contributed by atoms with Crippen LogP contribution in [0.25, 0.3) is 0 Å². The van der Waals surface area contributed by atoms with Crippen molar-refractivity contribution < 1.29 is 12.6 Å². The van der Waals surface area contributed by atoms with Gasteiger partial charge in [0.05, 0.1) is 0 Å². The lowest BCUT2D eigenvalue weighted by Crippen LogP contribution is -2.33. The zero-order valence-electron chi connectivity index (χ0n) is 11.9. The highest BCUT2D eigenvalue weighted by Gasteiger charge is 2.20. The van der Waals surface area contributed by atoms with Crippen molar-refractivity contribution in [3.05, 3.63) is 18.3 Å². The van der Waals surface area contributed by atoms with Gasteiger partial charge < -0.3 is 5.32 Å².